The van der Waals surface area contributed by atoms with Gasteiger partial charge in [-0.25, -0.2) is 0 Å². The van der Waals surface area contributed by atoms with Crippen LogP contribution >= 0.6 is 0 Å². The summed E-state index contributed by atoms with van der Waals surface area (Å²) in [6, 6.07) is 0. The van der Waals surface area contributed by atoms with Crippen LogP contribution in [-0.2, 0) is 18.9 Å². The van der Waals surface area contributed by atoms with Crippen molar-refractivity contribution < 1.29 is 18.9 Å². The molecule has 20 heavy (non-hydrogen) atoms. The van der Waals surface area contributed by atoms with E-state index in [2.05, 4.69) is 6.58 Å². The van der Waals surface area contributed by atoms with Gasteiger partial charge in [0.05, 0.1) is 19.3 Å². The van der Waals surface area contributed by atoms with Crippen LogP contribution in [0.15, 0.2) is 12.2 Å². The molecule has 1 aliphatic carbocycles. The topological polar surface area (TPSA) is 36.9 Å². The van der Waals surface area contributed by atoms with E-state index in [1.807, 2.05) is 20.8 Å². The zero-order valence-corrected chi connectivity index (χ0v) is 12.8. The third-order valence-electron chi connectivity index (χ3n) is 4.67. The van der Waals surface area contributed by atoms with E-state index in [0.29, 0.717) is 13.2 Å². The first-order valence-corrected chi connectivity index (χ1v) is 7.70. The first-order valence-electron chi connectivity index (χ1n) is 7.70. The van der Waals surface area contributed by atoms with Crippen LogP contribution < -0.4 is 0 Å². The van der Waals surface area contributed by atoms with Crippen LogP contribution in [0.1, 0.15) is 46.5 Å². The zero-order valence-electron chi connectivity index (χ0n) is 12.8. The maximum atomic E-state index is 6.40. The van der Waals surface area contributed by atoms with Gasteiger partial charge in [0.2, 0.25) is 0 Å². The Morgan fingerprint density at radius 2 is 1.75 bits per heavy atom. The molecule has 0 aromatic heterocycles. The third-order valence-corrected chi connectivity index (χ3v) is 4.67. The van der Waals surface area contributed by atoms with Crippen molar-refractivity contribution in [1.82, 2.24) is 0 Å². The molecule has 3 fully saturated rings. The molecule has 0 aromatic carbocycles. The quantitative estimate of drug-likeness (QED) is 0.730. The van der Waals surface area contributed by atoms with Crippen LogP contribution in [0.25, 0.3) is 0 Å². The Bertz CT molecular complexity index is 384. The van der Waals surface area contributed by atoms with Crippen molar-refractivity contribution in [3.8, 4) is 0 Å². The minimum atomic E-state index is -0.519. The van der Waals surface area contributed by atoms with Gasteiger partial charge in [-0.3, -0.25) is 0 Å². The Balaban J connectivity index is 1.77. The lowest BCUT2D eigenvalue weighted by Gasteiger charge is -2.45. The summed E-state index contributed by atoms with van der Waals surface area (Å²) in [5, 5.41) is 0. The lowest BCUT2D eigenvalue weighted by molar-refractivity contribution is -0.319. The highest BCUT2D eigenvalue weighted by Gasteiger charge is 2.50. The molecule has 2 saturated heterocycles. The zero-order chi connectivity index (χ0) is 14.4. The maximum absolute atomic E-state index is 6.40. The molecule has 3 rings (SSSR count). The van der Waals surface area contributed by atoms with Crippen LogP contribution in [0, 0.1) is 5.92 Å². The van der Waals surface area contributed by atoms with E-state index in [4.69, 9.17) is 18.9 Å². The summed E-state index contributed by atoms with van der Waals surface area (Å²) in [4.78, 5) is 0. The number of hydrogen-bond donors (Lipinski definition) is 0. The number of hydrogen-bond acceptors (Lipinski definition) is 4. The standard InChI is InChI=1S/C16H26O4/c1-11(2)12-9-18-16(7-5-6-8-16)20-14(12)13-10-17-15(3,4)19-13/h12-14H,1,5-10H2,2-4H3/t12-,13-,14+/m1/s1. The number of rotatable bonds is 2. The SMILES string of the molecule is C=C(C)[C@H]1COC2(CCCC2)O[C@@H]1[C@H]1COC(C)(C)O1. The summed E-state index contributed by atoms with van der Waals surface area (Å²) in [7, 11) is 0. The minimum Gasteiger partial charge on any atom is -0.349 e. The van der Waals surface area contributed by atoms with E-state index in [1.165, 1.54) is 12.8 Å². The Hall–Kier alpha value is -0.420. The van der Waals surface area contributed by atoms with E-state index in [9.17, 15) is 0 Å². The average Bonchev–Trinajstić information content (AvgIpc) is 2.96. The molecular weight excluding hydrogens is 256 g/mol. The van der Waals surface area contributed by atoms with Gasteiger partial charge in [0.15, 0.2) is 11.6 Å². The summed E-state index contributed by atoms with van der Waals surface area (Å²) in [5.74, 6) is -0.717. The molecule has 4 heteroatoms. The summed E-state index contributed by atoms with van der Waals surface area (Å²) < 4.78 is 24.2. The molecule has 2 heterocycles. The molecule has 4 nitrogen and oxygen atoms in total. The van der Waals surface area contributed by atoms with E-state index < -0.39 is 5.79 Å². The first-order chi connectivity index (χ1) is 9.41. The summed E-state index contributed by atoms with van der Waals surface area (Å²) >= 11 is 0. The molecule has 0 radical (unpaired) electrons. The van der Waals surface area contributed by atoms with Crippen molar-refractivity contribution >= 4 is 0 Å². The van der Waals surface area contributed by atoms with E-state index in [-0.39, 0.29) is 23.9 Å². The van der Waals surface area contributed by atoms with E-state index in [0.717, 1.165) is 18.4 Å². The second-order valence-corrected chi connectivity index (χ2v) is 6.83. The van der Waals surface area contributed by atoms with Gasteiger partial charge in [-0.2, -0.15) is 0 Å². The van der Waals surface area contributed by atoms with Crippen molar-refractivity contribution in [2.24, 2.45) is 5.92 Å². The van der Waals surface area contributed by atoms with Gasteiger partial charge in [-0.15, -0.1) is 0 Å². The molecule has 2 aliphatic heterocycles. The second-order valence-electron chi connectivity index (χ2n) is 6.83. The highest BCUT2D eigenvalue weighted by atomic mass is 16.8. The predicted octanol–water partition coefficient (Wildman–Crippen LogP) is 3.02. The van der Waals surface area contributed by atoms with Crippen molar-refractivity contribution in [3.63, 3.8) is 0 Å². The monoisotopic (exact) mass is 282 g/mol. The molecule has 0 aromatic rings. The molecule has 0 N–H and O–H groups in total. The first kappa shape index (κ1) is 14.5. The summed E-state index contributed by atoms with van der Waals surface area (Å²) in [6.07, 6.45) is 4.29. The fraction of sp³-hybridized carbons (Fsp3) is 0.875. The van der Waals surface area contributed by atoms with Crippen LogP contribution in [0.4, 0.5) is 0 Å². The normalized spacial score (nSPS) is 39.2. The number of ether oxygens (including phenoxy) is 4. The van der Waals surface area contributed by atoms with E-state index in [1.54, 1.807) is 0 Å². The van der Waals surface area contributed by atoms with Gasteiger partial charge in [0.25, 0.3) is 0 Å². The summed E-state index contributed by atoms with van der Waals surface area (Å²) in [5.41, 5.74) is 1.09. The van der Waals surface area contributed by atoms with Crippen molar-refractivity contribution in [2.75, 3.05) is 13.2 Å². The van der Waals surface area contributed by atoms with Crippen molar-refractivity contribution in [3.05, 3.63) is 12.2 Å². The minimum absolute atomic E-state index is 0.0128. The Morgan fingerprint density at radius 1 is 1.05 bits per heavy atom. The fourth-order valence-corrected chi connectivity index (χ4v) is 3.51. The van der Waals surface area contributed by atoms with Crippen molar-refractivity contribution in [2.45, 2.75) is 70.2 Å². The van der Waals surface area contributed by atoms with Gasteiger partial charge < -0.3 is 18.9 Å². The average molecular weight is 282 g/mol. The Morgan fingerprint density at radius 3 is 2.30 bits per heavy atom. The Labute approximate surface area is 121 Å². The molecule has 3 atom stereocenters. The maximum Gasteiger partial charge on any atom is 0.168 e. The van der Waals surface area contributed by atoms with Gasteiger partial charge in [0.1, 0.15) is 6.10 Å². The second kappa shape index (κ2) is 5.09. The van der Waals surface area contributed by atoms with Gasteiger partial charge in [-0.1, -0.05) is 12.2 Å². The van der Waals surface area contributed by atoms with Crippen LogP contribution in [0.5, 0.6) is 0 Å². The molecule has 1 saturated carbocycles. The molecule has 114 valence electrons. The lowest BCUT2D eigenvalue weighted by Crippen LogP contribution is -2.53. The van der Waals surface area contributed by atoms with Crippen LogP contribution in [0.2, 0.25) is 0 Å². The van der Waals surface area contributed by atoms with Gasteiger partial charge in [-0.05, 0) is 33.6 Å². The highest BCUT2D eigenvalue weighted by Crippen LogP contribution is 2.43. The molecule has 1 spiro atoms. The van der Waals surface area contributed by atoms with Crippen LogP contribution in [-0.4, -0.2) is 37.0 Å². The smallest absolute Gasteiger partial charge is 0.168 e. The van der Waals surface area contributed by atoms with Crippen LogP contribution in [0.3, 0.4) is 0 Å². The van der Waals surface area contributed by atoms with E-state index >= 15 is 0 Å². The molecule has 0 bridgehead atoms. The van der Waals surface area contributed by atoms with Crippen molar-refractivity contribution in [1.29, 1.82) is 0 Å². The largest absolute Gasteiger partial charge is 0.349 e. The lowest BCUT2D eigenvalue weighted by atomic mass is 9.90. The Kier molecular flexibility index (Phi) is 3.70. The molecular formula is C16H26O4. The summed E-state index contributed by atoms with van der Waals surface area (Å²) in [6.45, 7) is 11.3. The highest BCUT2D eigenvalue weighted by molar-refractivity contribution is 5.05. The van der Waals surface area contributed by atoms with Gasteiger partial charge in [0, 0.05) is 18.8 Å². The fourth-order valence-electron chi connectivity index (χ4n) is 3.51. The predicted molar refractivity (Wildman–Crippen MR) is 75.2 cm³/mol. The molecule has 3 aliphatic rings. The molecule has 0 unspecified atom stereocenters. The third kappa shape index (κ3) is 2.67. The van der Waals surface area contributed by atoms with Gasteiger partial charge >= 0.3 is 0 Å². The molecule has 0 amide bonds.